The van der Waals surface area contributed by atoms with E-state index in [1.54, 1.807) is 18.2 Å². The number of carbonyl (C=O) groups excluding carboxylic acids is 1. The lowest BCUT2D eigenvalue weighted by atomic mass is 10.2. The molecular formula is C17H16FNO3. The molecule has 4 nitrogen and oxygen atoms in total. The molecule has 1 saturated heterocycles. The molecule has 1 heterocycles. The van der Waals surface area contributed by atoms with Crippen LogP contribution < -0.4 is 10.1 Å². The summed E-state index contributed by atoms with van der Waals surface area (Å²) >= 11 is 0. The predicted molar refractivity (Wildman–Crippen MR) is 80.5 cm³/mol. The van der Waals surface area contributed by atoms with Crippen molar-refractivity contribution < 1.29 is 18.7 Å². The van der Waals surface area contributed by atoms with Gasteiger partial charge in [-0.05, 0) is 37.1 Å². The molecule has 0 bridgehead atoms. The minimum Gasteiger partial charge on any atom is -0.455 e. The Labute approximate surface area is 127 Å². The van der Waals surface area contributed by atoms with E-state index in [4.69, 9.17) is 9.47 Å². The van der Waals surface area contributed by atoms with Gasteiger partial charge in [0.25, 0.3) is 5.91 Å². The zero-order chi connectivity index (χ0) is 15.4. The quantitative estimate of drug-likeness (QED) is 0.936. The first-order valence-corrected chi connectivity index (χ1v) is 7.18. The molecule has 0 unspecified atom stereocenters. The molecule has 0 radical (unpaired) electrons. The maximum atomic E-state index is 14.1. The zero-order valence-corrected chi connectivity index (χ0v) is 11.9. The van der Waals surface area contributed by atoms with Crippen molar-refractivity contribution in [3.8, 4) is 11.5 Å². The lowest BCUT2D eigenvalue weighted by Crippen LogP contribution is -2.27. The van der Waals surface area contributed by atoms with Crippen molar-refractivity contribution >= 4 is 11.6 Å². The van der Waals surface area contributed by atoms with Gasteiger partial charge in [0, 0.05) is 6.61 Å². The van der Waals surface area contributed by atoms with Crippen LogP contribution in [0.3, 0.4) is 0 Å². The predicted octanol–water partition coefficient (Wildman–Crippen LogP) is 3.74. The number of amides is 1. The van der Waals surface area contributed by atoms with Crippen LogP contribution in [0.1, 0.15) is 12.8 Å². The summed E-state index contributed by atoms with van der Waals surface area (Å²) in [5, 5.41) is 2.58. The summed E-state index contributed by atoms with van der Waals surface area (Å²) < 4.78 is 25.0. The molecule has 1 aliphatic heterocycles. The Hall–Kier alpha value is -2.40. The topological polar surface area (TPSA) is 47.6 Å². The third-order valence-electron chi connectivity index (χ3n) is 3.42. The van der Waals surface area contributed by atoms with Crippen molar-refractivity contribution in [3.05, 3.63) is 54.3 Å². The van der Waals surface area contributed by atoms with Crippen molar-refractivity contribution in [2.45, 2.75) is 18.9 Å². The van der Waals surface area contributed by atoms with Crippen LogP contribution in [0.5, 0.6) is 11.5 Å². The molecule has 5 heteroatoms. The average Bonchev–Trinajstić information content (AvgIpc) is 3.06. The van der Waals surface area contributed by atoms with Gasteiger partial charge in [-0.2, -0.15) is 0 Å². The van der Waals surface area contributed by atoms with Gasteiger partial charge in [-0.3, -0.25) is 4.79 Å². The number of hydrogen-bond acceptors (Lipinski definition) is 3. The number of hydrogen-bond donors (Lipinski definition) is 1. The lowest BCUT2D eigenvalue weighted by molar-refractivity contribution is -0.124. The fourth-order valence-electron chi connectivity index (χ4n) is 2.31. The molecule has 2 aromatic rings. The minimum atomic E-state index is -0.542. The van der Waals surface area contributed by atoms with E-state index in [1.807, 2.05) is 18.2 Å². The van der Waals surface area contributed by atoms with Crippen LogP contribution in [0.25, 0.3) is 0 Å². The maximum absolute atomic E-state index is 14.1. The van der Waals surface area contributed by atoms with E-state index in [1.165, 1.54) is 12.1 Å². The van der Waals surface area contributed by atoms with Gasteiger partial charge in [-0.25, -0.2) is 4.39 Å². The molecule has 0 aromatic heterocycles. The number of nitrogens with one attached hydrogen (secondary N) is 1. The minimum absolute atomic E-state index is 0.0341. The number of ether oxygens (including phenoxy) is 2. The fraction of sp³-hybridized carbons (Fsp3) is 0.235. The second-order valence-electron chi connectivity index (χ2n) is 5.02. The van der Waals surface area contributed by atoms with Gasteiger partial charge in [-0.15, -0.1) is 0 Å². The average molecular weight is 301 g/mol. The van der Waals surface area contributed by atoms with Gasteiger partial charge in [0.05, 0.1) is 0 Å². The van der Waals surface area contributed by atoms with Gasteiger partial charge in [0.2, 0.25) is 0 Å². The smallest absolute Gasteiger partial charge is 0.253 e. The highest BCUT2D eigenvalue weighted by molar-refractivity contribution is 5.95. The summed E-state index contributed by atoms with van der Waals surface area (Å²) in [5.74, 6) is -0.0569. The molecule has 0 saturated carbocycles. The molecule has 3 rings (SSSR count). The normalized spacial score (nSPS) is 17.2. The van der Waals surface area contributed by atoms with E-state index in [0.717, 1.165) is 6.42 Å². The van der Waals surface area contributed by atoms with E-state index in [0.29, 0.717) is 18.8 Å². The highest BCUT2D eigenvalue weighted by atomic mass is 19.1. The van der Waals surface area contributed by atoms with Gasteiger partial charge in [0.1, 0.15) is 17.5 Å². The summed E-state index contributed by atoms with van der Waals surface area (Å²) in [4.78, 5) is 12.1. The molecule has 22 heavy (non-hydrogen) atoms. The van der Waals surface area contributed by atoms with E-state index in [2.05, 4.69) is 5.32 Å². The Morgan fingerprint density at radius 2 is 2.00 bits per heavy atom. The summed E-state index contributed by atoms with van der Waals surface area (Å²) in [7, 11) is 0. The number of rotatable bonds is 4. The number of anilines is 1. The second-order valence-corrected chi connectivity index (χ2v) is 5.02. The van der Waals surface area contributed by atoms with E-state index < -0.39 is 11.9 Å². The first-order chi connectivity index (χ1) is 10.7. The Kier molecular flexibility index (Phi) is 4.34. The molecule has 0 spiro atoms. The Balaban J connectivity index is 1.81. The highest BCUT2D eigenvalue weighted by Gasteiger charge is 2.25. The van der Waals surface area contributed by atoms with Crippen LogP contribution >= 0.6 is 0 Å². The lowest BCUT2D eigenvalue weighted by Gasteiger charge is -2.15. The summed E-state index contributed by atoms with van der Waals surface area (Å²) in [5.41, 5.74) is 0.0341. The third kappa shape index (κ3) is 3.26. The maximum Gasteiger partial charge on any atom is 0.253 e. The van der Waals surface area contributed by atoms with Crippen LogP contribution in [-0.2, 0) is 9.53 Å². The largest absolute Gasteiger partial charge is 0.455 e. The zero-order valence-electron chi connectivity index (χ0n) is 11.9. The molecule has 1 amide bonds. The standard InChI is InChI=1S/C17H16FNO3/c18-13-8-4-9-14(22-12-6-2-1-3-7-12)16(13)19-17(20)15-10-5-11-21-15/h1-4,6-9,15H,5,10-11H2,(H,19,20)/t15-/m0/s1. The number of halogens is 1. The van der Waals surface area contributed by atoms with E-state index in [-0.39, 0.29) is 17.3 Å². The van der Waals surface area contributed by atoms with Gasteiger partial charge in [-0.1, -0.05) is 24.3 Å². The van der Waals surface area contributed by atoms with Crippen molar-refractivity contribution in [2.75, 3.05) is 11.9 Å². The molecule has 1 aliphatic rings. The Morgan fingerprint density at radius 1 is 1.18 bits per heavy atom. The molecule has 114 valence electrons. The number of carbonyl (C=O) groups is 1. The fourth-order valence-corrected chi connectivity index (χ4v) is 2.31. The molecule has 1 N–H and O–H groups in total. The van der Waals surface area contributed by atoms with Gasteiger partial charge < -0.3 is 14.8 Å². The number of para-hydroxylation sites is 2. The second kappa shape index (κ2) is 6.58. The van der Waals surface area contributed by atoms with Gasteiger partial charge >= 0.3 is 0 Å². The van der Waals surface area contributed by atoms with Crippen molar-refractivity contribution in [3.63, 3.8) is 0 Å². The van der Waals surface area contributed by atoms with Crippen molar-refractivity contribution in [1.82, 2.24) is 0 Å². The van der Waals surface area contributed by atoms with Gasteiger partial charge in [0.15, 0.2) is 11.6 Å². The van der Waals surface area contributed by atoms with Crippen LogP contribution in [0, 0.1) is 5.82 Å². The highest BCUT2D eigenvalue weighted by Crippen LogP contribution is 2.32. The van der Waals surface area contributed by atoms with Crippen LogP contribution in [0.15, 0.2) is 48.5 Å². The van der Waals surface area contributed by atoms with Crippen molar-refractivity contribution in [1.29, 1.82) is 0 Å². The molecule has 1 fully saturated rings. The van der Waals surface area contributed by atoms with E-state index >= 15 is 0 Å². The monoisotopic (exact) mass is 301 g/mol. The molecule has 2 aromatic carbocycles. The third-order valence-corrected chi connectivity index (χ3v) is 3.42. The first-order valence-electron chi connectivity index (χ1n) is 7.18. The summed E-state index contributed by atoms with van der Waals surface area (Å²) in [6, 6.07) is 13.4. The summed E-state index contributed by atoms with van der Waals surface area (Å²) in [6.07, 6.45) is 0.960. The van der Waals surface area contributed by atoms with Crippen molar-refractivity contribution in [2.24, 2.45) is 0 Å². The first kappa shape index (κ1) is 14.5. The van der Waals surface area contributed by atoms with Crippen LogP contribution in [-0.4, -0.2) is 18.6 Å². The molecule has 1 atom stereocenters. The summed E-state index contributed by atoms with van der Waals surface area (Å²) in [6.45, 7) is 0.558. The molecular weight excluding hydrogens is 285 g/mol. The SMILES string of the molecule is O=C(Nc1c(F)cccc1Oc1ccccc1)[C@@H]1CCCO1. The Bertz CT molecular complexity index is 654. The molecule has 0 aliphatic carbocycles. The number of benzene rings is 2. The van der Waals surface area contributed by atoms with Crippen LogP contribution in [0.4, 0.5) is 10.1 Å². The Morgan fingerprint density at radius 3 is 2.73 bits per heavy atom. The van der Waals surface area contributed by atoms with E-state index in [9.17, 15) is 9.18 Å². The van der Waals surface area contributed by atoms with Crippen LogP contribution in [0.2, 0.25) is 0 Å².